The molecule has 11 heteroatoms. The number of carbonyl (C=O) groups is 1. The molecule has 2 aromatic heterocycles. The number of nitrogens with two attached hydrogens (primary N) is 1. The number of aromatic nitrogens is 2. The van der Waals surface area contributed by atoms with E-state index in [1.807, 2.05) is 0 Å². The molecule has 0 saturated carbocycles. The standard InChI is InChI=1S/C19H15F3N4O4/c20-9-1-2-11(13(21)5-9)12-6-15(30-19(28)29)18(27)26-8-14(22)17(24-16(12)26)25-4-3-10(23)7-25/h1-2,5-6,8,10H,3-4,7,23H2,(H,28,29). The van der Waals surface area contributed by atoms with Gasteiger partial charge in [0.2, 0.25) is 5.75 Å². The van der Waals surface area contributed by atoms with Gasteiger partial charge in [-0.2, -0.15) is 0 Å². The van der Waals surface area contributed by atoms with E-state index in [4.69, 9.17) is 10.8 Å². The summed E-state index contributed by atoms with van der Waals surface area (Å²) >= 11 is 0. The second-order valence-corrected chi connectivity index (χ2v) is 6.82. The maximum Gasteiger partial charge on any atom is 0.511 e. The van der Waals surface area contributed by atoms with Crippen LogP contribution < -0.4 is 20.9 Å². The molecule has 0 aliphatic carbocycles. The number of benzene rings is 1. The molecular formula is C19H15F3N4O4. The molecule has 8 nitrogen and oxygen atoms in total. The lowest BCUT2D eigenvalue weighted by molar-refractivity contribution is 0.143. The Labute approximate surface area is 166 Å². The number of hydrogen-bond acceptors (Lipinski definition) is 6. The quantitative estimate of drug-likeness (QED) is 0.626. The highest BCUT2D eigenvalue weighted by Crippen LogP contribution is 2.31. The first-order valence-electron chi connectivity index (χ1n) is 8.87. The molecule has 1 saturated heterocycles. The number of halogens is 3. The predicted octanol–water partition coefficient (Wildman–Crippen LogP) is 2.37. The molecule has 1 atom stereocenters. The van der Waals surface area contributed by atoms with Crippen molar-refractivity contribution in [1.29, 1.82) is 0 Å². The molecule has 0 radical (unpaired) electrons. The van der Waals surface area contributed by atoms with Gasteiger partial charge < -0.3 is 20.5 Å². The van der Waals surface area contributed by atoms with E-state index < -0.39 is 34.9 Å². The fourth-order valence-corrected chi connectivity index (χ4v) is 3.44. The molecule has 1 fully saturated rings. The second-order valence-electron chi connectivity index (χ2n) is 6.82. The Balaban J connectivity index is 2.02. The molecule has 0 spiro atoms. The van der Waals surface area contributed by atoms with E-state index >= 15 is 0 Å². The Morgan fingerprint density at radius 3 is 2.60 bits per heavy atom. The summed E-state index contributed by atoms with van der Waals surface area (Å²) in [6.45, 7) is 0.775. The summed E-state index contributed by atoms with van der Waals surface area (Å²) in [5.74, 6) is -3.43. The average molecular weight is 420 g/mol. The van der Waals surface area contributed by atoms with Crippen molar-refractivity contribution in [3.63, 3.8) is 0 Å². The van der Waals surface area contributed by atoms with Crippen molar-refractivity contribution >= 4 is 17.6 Å². The van der Waals surface area contributed by atoms with Crippen LogP contribution in [0.25, 0.3) is 16.8 Å². The highest BCUT2D eigenvalue weighted by atomic mass is 19.1. The van der Waals surface area contributed by atoms with Crippen LogP contribution >= 0.6 is 0 Å². The molecule has 0 bridgehead atoms. The molecule has 0 amide bonds. The minimum absolute atomic E-state index is 0.0758. The molecule has 3 heterocycles. The summed E-state index contributed by atoms with van der Waals surface area (Å²) in [6, 6.07) is 3.52. The zero-order chi connectivity index (χ0) is 21.6. The van der Waals surface area contributed by atoms with Crippen LogP contribution in [0.5, 0.6) is 5.75 Å². The lowest BCUT2D eigenvalue weighted by atomic mass is 10.1. The van der Waals surface area contributed by atoms with Crippen molar-refractivity contribution in [2.75, 3.05) is 18.0 Å². The number of fused-ring (bicyclic) bond motifs is 1. The third-order valence-corrected chi connectivity index (χ3v) is 4.78. The Morgan fingerprint density at radius 2 is 1.97 bits per heavy atom. The van der Waals surface area contributed by atoms with E-state index in [1.54, 1.807) is 4.90 Å². The van der Waals surface area contributed by atoms with Gasteiger partial charge in [0.25, 0.3) is 5.56 Å². The van der Waals surface area contributed by atoms with E-state index in [2.05, 4.69) is 9.72 Å². The average Bonchev–Trinajstić information content (AvgIpc) is 3.10. The Bertz CT molecular complexity index is 1230. The zero-order valence-corrected chi connectivity index (χ0v) is 15.3. The van der Waals surface area contributed by atoms with Crippen molar-refractivity contribution in [2.24, 2.45) is 5.73 Å². The van der Waals surface area contributed by atoms with Crippen LogP contribution in [-0.4, -0.2) is 39.8 Å². The minimum atomic E-state index is -1.78. The normalized spacial score (nSPS) is 16.3. The summed E-state index contributed by atoms with van der Waals surface area (Å²) < 4.78 is 47.8. The summed E-state index contributed by atoms with van der Waals surface area (Å²) in [4.78, 5) is 29.3. The summed E-state index contributed by atoms with van der Waals surface area (Å²) in [5, 5.41) is 8.88. The first kappa shape index (κ1) is 19.7. The molecule has 1 aliphatic heterocycles. The number of pyridine rings is 1. The van der Waals surface area contributed by atoms with Gasteiger partial charge in [-0.15, -0.1) is 0 Å². The van der Waals surface area contributed by atoms with Gasteiger partial charge in [0.1, 0.15) is 17.3 Å². The SMILES string of the molecule is NC1CCN(c2nc3c(-c4ccc(F)cc4F)cc(OC(=O)O)c(=O)n3cc2F)C1. The van der Waals surface area contributed by atoms with E-state index in [0.29, 0.717) is 25.6 Å². The van der Waals surface area contributed by atoms with Crippen molar-refractivity contribution in [3.05, 3.63) is 58.3 Å². The number of carboxylic acid groups (broad SMARTS) is 1. The van der Waals surface area contributed by atoms with Gasteiger partial charge in [0, 0.05) is 36.3 Å². The van der Waals surface area contributed by atoms with Crippen LogP contribution in [0.15, 0.2) is 35.3 Å². The highest BCUT2D eigenvalue weighted by molar-refractivity contribution is 5.80. The molecule has 3 aromatic rings. The third-order valence-electron chi connectivity index (χ3n) is 4.78. The van der Waals surface area contributed by atoms with Crippen LogP contribution in [0.1, 0.15) is 6.42 Å². The fraction of sp³-hybridized carbons (Fsp3) is 0.211. The molecular weight excluding hydrogens is 405 g/mol. The molecule has 1 aliphatic rings. The van der Waals surface area contributed by atoms with E-state index in [1.165, 1.54) is 0 Å². The van der Waals surface area contributed by atoms with E-state index in [-0.39, 0.29) is 28.6 Å². The lowest BCUT2D eigenvalue weighted by Gasteiger charge is -2.19. The second kappa shape index (κ2) is 7.34. The smallest absolute Gasteiger partial charge is 0.449 e. The largest absolute Gasteiger partial charge is 0.511 e. The van der Waals surface area contributed by atoms with Crippen molar-refractivity contribution in [3.8, 4) is 16.9 Å². The van der Waals surface area contributed by atoms with Crippen molar-refractivity contribution in [1.82, 2.24) is 9.38 Å². The molecule has 1 unspecified atom stereocenters. The van der Waals surface area contributed by atoms with Crippen LogP contribution in [0.3, 0.4) is 0 Å². The van der Waals surface area contributed by atoms with Gasteiger partial charge in [0.15, 0.2) is 11.6 Å². The highest BCUT2D eigenvalue weighted by Gasteiger charge is 2.26. The number of nitrogens with zero attached hydrogens (tertiary/aromatic N) is 3. The summed E-state index contributed by atoms with van der Waals surface area (Å²) in [5.41, 5.74) is 4.46. The van der Waals surface area contributed by atoms with Gasteiger partial charge in [-0.1, -0.05) is 0 Å². The Kier molecular flexibility index (Phi) is 4.82. The Morgan fingerprint density at radius 1 is 1.20 bits per heavy atom. The van der Waals surface area contributed by atoms with Gasteiger partial charge in [0.05, 0.1) is 6.20 Å². The van der Waals surface area contributed by atoms with Gasteiger partial charge in [-0.05, 0) is 24.6 Å². The van der Waals surface area contributed by atoms with Gasteiger partial charge >= 0.3 is 6.16 Å². The number of anilines is 1. The van der Waals surface area contributed by atoms with Crippen LogP contribution in [-0.2, 0) is 0 Å². The van der Waals surface area contributed by atoms with Gasteiger partial charge in [-0.3, -0.25) is 9.20 Å². The topological polar surface area (TPSA) is 110 Å². The molecule has 4 rings (SSSR count). The lowest BCUT2D eigenvalue weighted by Crippen LogP contribution is -2.28. The predicted molar refractivity (Wildman–Crippen MR) is 100 cm³/mol. The number of ether oxygens (including phenoxy) is 1. The van der Waals surface area contributed by atoms with Crippen molar-refractivity contribution < 1.29 is 27.8 Å². The third kappa shape index (κ3) is 3.43. The van der Waals surface area contributed by atoms with Crippen LogP contribution in [0.4, 0.5) is 23.8 Å². The minimum Gasteiger partial charge on any atom is -0.449 e. The Hall–Kier alpha value is -3.60. The molecule has 30 heavy (non-hydrogen) atoms. The maximum absolute atomic E-state index is 14.8. The van der Waals surface area contributed by atoms with Crippen LogP contribution in [0.2, 0.25) is 0 Å². The maximum atomic E-state index is 14.8. The molecule has 3 N–H and O–H groups in total. The zero-order valence-electron chi connectivity index (χ0n) is 15.3. The van der Waals surface area contributed by atoms with Gasteiger partial charge in [-0.25, -0.2) is 22.9 Å². The van der Waals surface area contributed by atoms with Crippen molar-refractivity contribution in [2.45, 2.75) is 12.5 Å². The first-order chi connectivity index (χ1) is 14.2. The van der Waals surface area contributed by atoms with E-state index in [0.717, 1.165) is 28.8 Å². The van der Waals surface area contributed by atoms with Crippen LogP contribution in [0, 0.1) is 17.5 Å². The number of hydrogen-bond donors (Lipinski definition) is 2. The summed E-state index contributed by atoms with van der Waals surface area (Å²) in [7, 11) is 0. The monoisotopic (exact) mass is 420 g/mol. The number of rotatable bonds is 3. The fourth-order valence-electron chi connectivity index (χ4n) is 3.44. The first-order valence-corrected chi connectivity index (χ1v) is 8.87. The molecule has 156 valence electrons. The summed E-state index contributed by atoms with van der Waals surface area (Å²) in [6.07, 6.45) is -0.346. The molecule has 1 aromatic carbocycles. The van der Waals surface area contributed by atoms with E-state index in [9.17, 15) is 22.8 Å².